The van der Waals surface area contributed by atoms with E-state index in [2.05, 4.69) is 0 Å². The predicted molar refractivity (Wildman–Crippen MR) is 95.2 cm³/mol. The maximum atomic E-state index is 12.0. The molecule has 0 saturated heterocycles. The summed E-state index contributed by atoms with van der Waals surface area (Å²) in [6.45, 7) is 2.50. The molecular formula is C21H22O3. The van der Waals surface area contributed by atoms with Gasteiger partial charge in [0.1, 0.15) is 6.61 Å². The standard InChI is InChI=1S/C21H22O3/c1-21(12-13-21)20(22)11-9-16-8-10-18(19(14-16)23-2)24-15-17-6-4-3-5-7-17/h3-11,14H,12-13,15H2,1-2H3/b11-9+. The van der Waals surface area contributed by atoms with Crippen LogP contribution in [0.5, 0.6) is 11.5 Å². The van der Waals surface area contributed by atoms with Crippen molar-refractivity contribution in [3.8, 4) is 11.5 Å². The molecule has 0 heterocycles. The summed E-state index contributed by atoms with van der Waals surface area (Å²) in [5.41, 5.74) is 1.91. The normalized spacial score (nSPS) is 15.2. The van der Waals surface area contributed by atoms with Crippen molar-refractivity contribution >= 4 is 11.9 Å². The van der Waals surface area contributed by atoms with Crippen LogP contribution in [0.1, 0.15) is 30.9 Å². The highest BCUT2D eigenvalue weighted by Crippen LogP contribution is 2.46. The Morgan fingerprint density at radius 3 is 2.54 bits per heavy atom. The first kappa shape index (κ1) is 16.3. The fourth-order valence-electron chi connectivity index (χ4n) is 2.45. The highest BCUT2D eigenvalue weighted by molar-refractivity contribution is 5.99. The van der Waals surface area contributed by atoms with E-state index in [9.17, 15) is 4.79 Å². The molecule has 0 spiro atoms. The van der Waals surface area contributed by atoms with Gasteiger partial charge in [0.25, 0.3) is 0 Å². The first-order valence-corrected chi connectivity index (χ1v) is 8.18. The van der Waals surface area contributed by atoms with E-state index in [0.29, 0.717) is 18.1 Å². The van der Waals surface area contributed by atoms with E-state index in [0.717, 1.165) is 24.0 Å². The van der Waals surface area contributed by atoms with E-state index in [1.54, 1.807) is 13.2 Å². The van der Waals surface area contributed by atoms with Crippen molar-refractivity contribution in [1.82, 2.24) is 0 Å². The second-order valence-electron chi connectivity index (χ2n) is 6.44. The molecule has 0 atom stereocenters. The van der Waals surface area contributed by atoms with Crippen molar-refractivity contribution in [1.29, 1.82) is 0 Å². The average molecular weight is 322 g/mol. The van der Waals surface area contributed by atoms with Gasteiger partial charge in [-0.2, -0.15) is 0 Å². The predicted octanol–water partition coefficient (Wildman–Crippen LogP) is 4.66. The smallest absolute Gasteiger partial charge is 0.161 e. The van der Waals surface area contributed by atoms with E-state index in [-0.39, 0.29) is 11.2 Å². The molecule has 124 valence electrons. The molecular weight excluding hydrogens is 300 g/mol. The molecule has 3 rings (SSSR count). The van der Waals surface area contributed by atoms with Gasteiger partial charge in [-0.3, -0.25) is 4.79 Å². The summed E-state index contributed by atoms with van der Waals surface area (Å²) < 4.78 is 11.3. The van der Waals surface area contributed by atoms with E-state index in [4.69, 9.17) is 9.47 Å². The third-order valence-corrected chi connectivity index (χ3v) is 4.45. The number of allylic oxidation sites excluding steroid dienone is 1. The molecule has 24 heavy (non-hydrogen) atoms. The maximum Gasteiger partial charge on any atom is 0.161 e. The third-order valence-electron chi connectivity index (χ3n) is 4.45. The molecule has 1 aliphatic rings. The van der Waals surface area contributed by atoms with Crippen LogP contribution in [0.4, 0.5) is 0 Å². The minimum Gasteiger partial charge on any atom is -0.493 e. The number of rotatable bonds is 7. The van der Waals surface area contributed by atoms with Gasteiger partial charge < -0.3 is 9.47 Å². The highest BCUT2D eigenvalue weighted by atomic mass is 16.5. The van der Waals surface area contributed by atoms with Crippen molar-refractivity contribution in [3.63, 3.8) is 0 Å². The van der Waals surface area contributed by atoms with Gasteiger partial charge in [0.15, 0.2) is 17.3 Å². The van der Waals surface area contributed by atoms with E-state index in [1.807, 2.05) is 61.5 Å². The second kappa shape index (κ2) is 6.91. The molecule has 2 aromatic carbocycles. The second-order valence-corrected chi connectivity index (χ2v) is 6.44. The van der Waals surface area contributed by atoms with Crippen LogP contribution in [0.25, 0.3) is 6.08 Å². The summed E-state index contributed by atoms with van der Waals surface area (Å²) in [5.74, 6) is 1.56. The maximum absolute atomic E-state index is 12.0. The quantitative estimate of drug-likeness (QED) is 0.696. The lowest BCUT2D eigenvalue weighted by atomic mass is 10.0. The third kappa shape index (κ3) is 3.85. The molecule has 3 heteroatoms. The minimum atomic E-state index is -0.126. The highest BCUT2D eigenvalue weighted by Gasteiger charge is 2.42. The molecule has 0 amide bonds. The Morgan fingerprint density at radius 1 is 1.12 bits per heavy atom. The largest absolute Gasteiger partial charge is 0.493 e. The van der Waals surface area contributed by atoms with Crippen molar-refractivity contribution in [2.24, 2.45) is 5.41 Å². The Kier molecular flexibility index (Phi) is 4.70. The Bertz CT molecular complexity index is 743. The zero-order valence-electron chi connectivity index (χ0n) is 14.1. The van der Waals surface area contributed by atoms with Crippen LogP contribution >= 0.6 is 0 Å². The van der Waals surface area contributed by atoms with Crippen LogP contribution < -0.4 is 9.47 Å². The number of carbonyl (C=O) groups is 1. The van der Waals surface area contributed by atoms with Crippen LogP contribution in [0, 0.1) is 5.41 Å². The number of methoxy groups -OCH3 is 1. The lowest BCUT2D eigenvalue weighted by molar-refractivity contribution is -0.118. The van der Waals surface area contributed by atoms with E-state index in [1.165, 1.54) is 0 Å². The summed E-state index contributed by atoms with van der Waals surface area (Å²) in [6, 6.07) is 15.7. The molecule has 0 N–H and O–H groups in total. The van der Waals surface area contributed by atoms with Gasteiger partial charge in [0.05, 0.1) is 7.11 Å². The molecule has 1 saturated carbocycles. The first-order valence-electron chi connectivity index (χ1n) is 8.18. The molecule has 0 bridgehead atoms. The average Bonchev–Trinajstić information content (AvgIpc) is 3.38. The van der Waals surface area contributed by atoms with Crippen molar-refractivity contribution < 1.29 is 14.3 Å². The van der Waals surface area contributed by atoms with Crippen LogP contribution in [-0.4, -0.2) is 12.9 Å². The Hall–Kier alpha value is -2.55. The van der Waals surface area contributed by atoms with Crippen molar-refractivity contribution in [3.05, 3.63) is 65.7 Å². The summed E-state index contributed by atoms with van der Waals surface area (Å²) >= 11 is 0. The fraction of sp³-hybridized carbons (Fsp3) is 0.286. The lowest BCUT2D eigenvalue weighted by Gasteiger charge is -2.11. The van der Waals surface area contributed by atoms with Crippen LogP contribution in [0.2, 0.25) is 0 Å². The van der Waals surface area contributed by atoms with Gasteiger partial charge in [-0.15, -0.1) is 0 Å². The summed E-state index contributed by atoms with van der Waals surface area (Å²) in [4.78, 5) is 12.0. The van der Waals surface area contributed by atoms with Gasteiger partial charge in [0.2, 0.25) is 0 Å². The number of ketones is 1. The Labute approximate surface area is 142 Å². The Morgan fingerprint density at radius 2 is 1.88 bits per heavy atom. The molecule has 1 fully saturated rings. The number of benzene rings is 2. The molecule has 2 aromatic rings. The van der Waals surface area contributed by atoms with Crippen molar-refractivity contribution in [2.75, 3.05) is 7.11 Å². The molecule has 0 aliphatic heterocycles. The van der Waals surface area contributed by atoms with Gasteiger partial charge >= 0.3 is 0 Å². The van der Waals surface area contributed by atoms with Crippen molar-refractivity contribution in [2.45, 2.75) is 26.4 Å². The summed E-state index contributed by atoms with van der Waals surface area (Å²) in [7, 11) is 1.62. The number of hydrogen-bond acceptors (Lipinski definition) is 3. The minimum absolute atomic E-state index is 0.126. The molecule has 3 nitrogen and oxygen atoms in total. The monoisotopic (exact) mass is 322 g/mol. The van der Waals surface area contributed by atoms with Gasteiger partial charge in [-0.1, -0.05) is 49.4 Å². The topological polar surface area (TPSA) is 35.5 Å². The number of ether oxygens (including phenoxy) is 2. The van der Waals surface area contributed by atoms with Gasteiger partial charge in [-0.05, 0) is 42.2 Å². The lowest BCUT2D eigenvalue weighted by Crippen LogP contribution is -2.07. The van der Waals surface area contributed by atoms with Crippen LogP contribution in [0.3, 0.4) is 0 Å². The van der Waals surface area contributed by atoms with Gasteiger partial charge in [0, 0.05) is 5.41 Å². The summed E-state index contributed by atoms with van der Waals surface area (Å²) in [6.07, 6.45) is 5.50. The Balaban J connectivity index is 1.68. The van der Waals surface area contributed by atoms with E-state index >= 15 is 0 Å². The van der Waals surface area contributed by atoms with Crippen LogP contribution in [0.15, 0.2) is 54.6 Å². The van der Waals surface area contributed by atoms with Gasteiger partial charge in [-0.25, -0.2) is 0 Å². The first-order chi connectivity index (χ1) is 11.6. The number of hydrogen-bond donors (Lipinski definition) is 0. The summed E-state index contributed by atoms with van der Waals surface area (Å²) in [5, 5.41) is 0. The number of carbonyl (C=O) groups excluding carboxylic acids is 1. The molecule has 0 aromatic heterocycles. The zero-order valence-corrected chi connectivity index (χ0v) is 14.1. The van der Waals surface area contributed by atoms with E-state index < -0.39 is 0 Å². The zero-order chi connectivity index (χ0) is 17.0. The molecule has 0 radical (unpaired) electrons. The fourth-order valence-corrected chi connectivity index (χ4v) is 2.45. The molecule has 1 aliphatic carbocycles. The van der Waals surface area contributed by atoms with Crippen LogP contribution in [-0.2, 0) is 11.4 Å². The molecule has 0 unspecified atom stereocenters. The SMILES string of the molecule is COc1cc(/C=C/C(=O)C2(C)CC2)ccc1OCc1ccccc1.